The molecule has 4 aromatic rings. The van der Waals surface area contributed by atoms with E-state index in [0.29, 0.717) is 43.4 Å². The highest BCUT2D eigenvalue weighted by Gasteiger charge is 2.33. The normalized spacial score (nSPS) is 15.0. The number of thiazole rings is 1. The maximum atomic E-state index is 14.2. The van der Waals surface area contributed by atoms with Gasteiger partial charge >= 0.3 is 5.97 Å². The summed E-state index contributed by atoms with van der Waals surface area (Å²) in [5, 5.41) is 0. The Hall–Kier alpha value is -3.82. The molecular formula is C33H30BrFN2O4S. The summed E-state index contributed by atoms with van der Waals surface area (Å²) in [5.74, 6) is -0.0141. The van der Waals surface area contributed by atoms with E-state index < -0.39 is 12.0 Å². The molecule has 0 fully saturated rings. The van der Waals surface area contributed by atoms with Crippen molar-refractivity contribution in [1.29, 1.82) is 0 Å². The molecule has 9 heteroatoms. The van der Waals surface area contributed by atoms with E-state index in [0.717, 1.165) is 15.6 Å². The zero-order valence-electron chi connectivity index (χ0n) is 23.7. The average molecular weight is 650 g/mol. The van der Waals surface area contributed by atoms with Gasteiger partial charge in [0.15, 0.2) is 4.80 Å². The summed E-state index contributed by atoms with van der Waals surface area (Å²) in [4.78, 5) is 32.4. The molecule has 1 atom stereocenters. The minimum atomic E-state index is -0.692. The molecule has 0 radical (unpaired) electrons. The van der Waals surface area contributed by atoms with E-state index in [1.807, 2.05) is 36.4 Å². The number of aromatic nitrogens is 1. The van der Waals surface area contributed by atoms with Gasteiger partial charge in [-0.1, -0.05) is 83.6 Å². The molecule has 3 aromatic carbocycles. The molecular weight excluding hydrogens is 619 g/mol. The lowest BCUT2D eigenvalue weighted by Crippen LogP contribution is -2.39. The summed E-state index contributed by atoms with van der Waals surface area (Å²) in [5.41, 5.74) is 3.58. The van der Waals surface area contributed by atoms with E-state index >= 15 is 0 Å². The Kier molecular flexibility index (Phi) is 8.89. The standard InChI is InChI=1S/C33H30BrFN2O4S/c1-5-40-32(39)29-20(4)36-33-37(30(29)22-12-10-21(11-13-22)19(2)3)31(38)28(42-33)17-24-16-25(34)14-15-27(24)41-18-23-8-6-7-9-26(23)35/h6-17,19,30H,5,18H2,1-4H3/b28-17+/t30-/m1/s1. The van der Waals surface area contributed by atoms with Crippen LogP contribution in [-0.2, 0) is 16.1 Å². The summed E-state index contributed by atoms with van der Waals surface area (Å²) < 4.78 is 28.4. The van der Waals surface area contributed by atoms with Crippen molar-refractivity contribution in [2.24, 2.45) is 4.99 Å². The highest BCUT2D eigenvalue weighted by Crippen LogP contribution is 2.32. The summed E-state index contributed by atoms with van der Waals surface area (Å²) in [6.07, 6.45) is 1.74. The van der Waals surface area contributed by atoms with Gasteiger partial charge in [0, 0.05) is 15.6 Å². The summed E-state index contributed by atoms with van der Waals surface area (Å²) >= 11 is 4.74. The summed E-state index contributed by atoms with van der Waals surface area (Å²) in [7, 11) is 0. The molecule has 0 N–H and O–H groups in total. The Morgan fingerprint density at radius 2 is 1.88 bits per heavy atom. The molecule has 42 heavy (non-hydrogen) atoms. The molecule has 1 aromatic heterocycles. The predicted molar refractivity (Wildman–Crippen MR) is 166 cm³/mol. The number of allylic oxidation sites excluding steroid dienone is 1. The van der Waals surface area contributed by atoms with E-state index in [1.54, 1.807) is 48.8 Å². The number of fused-ring (bicyclic) bond motifs is 1. The Bertz CT molecular complexity index is 1860. The molecule has 0 bridgehead atoms. The zero-order chi connectivity index (χ0) is 30.0. The molecule has 0 saturated heterocycles. The fraction of sp³-hybridized carbons (Fsp3) is 0.242. The van der Waals surface area contributed by atoms with Gasteiger partial charge in [0.25, 0.3) is 5.56 Å². The molecule has 0 saturated carbocycles. The number of ether oxygens (including phenoxy) is 2. The van der Waals surface area contributed by atoms with Crippen LogP contribution in [0.3, 0.4) is 0 Å². The number of carbonyl (C=O) groups excluding carboxylic acids is 1. The first-order chi connectivity index (χ1) is 20.2. The van der Waals surface area contributed by atoms with Crippen molar-refractivity contribution in [1.82, 2.24) is 4.57 Å². The van der Waals surface area contributed by atoms with Gasteiger partial charge in [0.05, 0.1) is 28.5 Å². The SMILES string of the molecule is CCOC(=O)C1=C(C)N=c2s/c(=C/c3cc(Br)ccc3OCc3ccccc3F)c(=O)n2[C@@H]1c1ccc(C(C)C)cc1. The lowest BCUT2D eigenvalue weighted by Gasteiger charge is -2.25. The van der Waals surface area contributed by atoms with Crippen molar-refractivity contribution in [2.45, 2.75) is 46.3 Å². The van der Waals surface area contributed by atoms with E-state index in [2.05, 4.69) is 34.8 Å². The first kappa shape index (κ1) is 29.7. The maximum Gasteiger partial charge on any atom is 0.338 e. The van der Waals surface area contributed by atoms with Crippen LogP contribution < -0.4 is 19.6 Å². The summed E-state index contributed by atoms with van der Waals surface area (Å²) in [6, 6.07) is 19.1. The largest absolute Gasteiger partial charge is 0.488 e. The Labute approximate surface area is 255 Å². The van der Waals surface area contributed by atoms with Crippen LogP contribution in [0.2, 0.25) is 0 Å². The molecule has 5 rings (SSSR count). The van der Waals surface area contributed by atoms with Gasteiger partial charge in [-0.2, -0.15) is 0 Å². The minimum Gasteiger partial charge on any atom is -0.488 e. The van der Waals surface area contributed by atoms with Crippen molar-refractivity contribution in [3.8, 4) is 5.75 Å². The lowest BCUT2D eigenvalue weighted by atomic mass is 9.93. The predicted octanol–water partition coefficient (Wildman–Crippen LogP) is 6.40. The van der Waals surface area contributed by atoms with E-state index in [9.17, 15) is 14.0 Å². The first-order valence-electron chi connectivity index (χ1n) is 13.6. The second kappa shape index (κ2) is 12.6. The van der Waals surface area contributed by atoms with E-state index in [1.165, 1.54) is 17.4 Å². The van der Waals surface area contributed by atoms with Crippen molar-refractivity contribution in [3.63, 3.8) is 0 Å². The molecule has 0 unspecified atom stereocenters. The highest BCUT2D eigenvalue weighted by molar-refractivity contribution is 9.10. The van der Waals surface area contributed by atoms with Crippen molar-refractivity contribution in [2.75, 3.05) is 6.61 Å². The molecule has 1 aliphatic heterocycles. The number of rotatable bonds is 8. The third kappa shape index (κ3) is 6.03. The number of esters is 1. The fourth-order valence-electron chi connectivity index (χ4n) is 4.85. The molecule has 0 amide bonds. The van der Waals surface area contributed by atoms with E-state index in [-0.39, 0.29) is 24.6 Å². The third-order valence-electron chi connectivity index (χ3n) is 7.04. The van der Waals surface area contributed by atoms with Crippen LogP contribution in [0.25, 0.3) is 6.08 Å². The van der Waals surface area contributed by atoms with Gasteiger partial charge in [-0.3, -0.25) is 9.36 Å². The quantitative estimate of drug-likeness (QED) is 0.207. The Morgan fingerprint density at radius 3 is 2.57 bits per heavy atom. The molecule has 1 aliphatic rings. The molecule has 216 valence electrons. The lowest BCUT2D eigenvalue weighted by molar-refractivity contribution is -0.139. The Balaban J connectivity index is 1.62. The average Bonchev–Trinajstić information content (AvgIpc) is 3.26. The third-order valence-corrected chi connectivity index (χ3v) is 8.51. The minimum absolute atomic E-state index is 0.0326. The second-order valence-corrected chi connectivity index (χ2v) is 12.1. The van der Waals surface area contributed by atoms with Crippen molar-refractivity contribution in [3.05, 3.63) is 130 Å². The van der Waals surface area contributed by atoms with Crippen LogP contribution in [0.1, 0.15) is 61.9 Å². The molecule has 2 heterocycles. The number of benzene rings is 3. The highest BCUT2D eigenvalue weighted by atomic mass is 79.9. The van der Waals surface area contributed by atoms with Gasteiger partial charge < -0.3 is 9.47 Å². The monoisotopic (exact) mass is 648 g/mol. The van der Waals surface area contributed by atoms with Crippen LogP contribution in [0.4, 0.5) is 4.39 Å². The van der Waals surface area contributed by atoms with Crippen LogP contribution in [-0.4, -0.2) is 17.1 Å². The maximum absolute atomic E-state index is 14.2. The van der Waals surface area contributed by atoms with Crippen LogP contribution in [0.15, 0.2) is 92.3 Å². The van der Waals surface area contributed by atoms with E-state index in [4.69, 9.17) is 9.47 Å². The second-order valence-electron chi connectivity index (χ2n) is 10.2. The number of carbonyl (C=O) groups is 1. The Morgan fingerprint density at radius 1 is 1.14 bits per heavy atom. The van der Waals surface area contributed by atoms with Crippen LogP contribution in [0.5, 0.6) is 5.75 Å². The van der Waals surface area contributed by atoms with Gasteiger partial charge in [-0.25, -0.2) is 14.2 Å². The fourth-order valence-corrected chi connectivity index (χ4v) is 6.26. The van der Waals surface area contributed by atoms with Gasteiger partial charge in [-0.05, 0) is 61.2 Å². The zero-order valence-corrected chi connectivity index (χ0v) is 26.1. The smallest absolute Gasteiger partial charge is 0.338 e. The van der Waals surface area contributed by atoms with Crippen molar-refractivity contribution < 1.29 is 18.7 Å². The van der Waals surface area contributed by atoms with Gasteiger partial charge in [0.2, 0.25) is 0 Å². The van der Waals surface area contributed by atoms with Gasteiger partial charge in [0.1, 0.15) is 18.2 Å². The number of halogens is 2. The number of hydrogen-bond acceptors (Lipinski definition) is 6. The number of nitrogens with zero attached hydrogens (tertiary/aromatic N) is 2. The van der Waals surface area contributed by atoms with Gasteiger partial charge in [-0.15, -0.1) is 0 Å². The van der Waals surface area contributed by atoms with Crippen molar-refractivity contribution >= 4 is 39.3 Å². The van der Waals surface area contributed by atoms with Crippen LogP contribution >= 0.6 is 27.3 Å². The topological polar surface area (TPSA) is 69.9 Å². The van der Waals surface area contributed by atoms with Crippen LogP contribution in [0, 0.1) is 5.82 Å². The number of hydrogen-bond donors (Lipinski definition) is 0. The molecule has 6 nitrogen and oxygen atoms in total. The first-order valence-corrected chi connectivity index (χ1v) is 15.2. The molecule has 0 spiro atoms. The summed E-state index contributed by atoms with van der Waals surface area (Å²) in [6.45, 7) is 7.98. The molecule has 0 aliphatic carbocycles.